The second kappa shape index (κ2) is 5.58. The standard InChI is InChI=1S/C10H13NO6/c1-17-9-4-6(11(15)16)2-3-7(9)10(14)8(13)5-12/h2-4,8,10,12-14H,5H2,1H3. The summed E-state index contributed by atoms with van der Waals surface area (Å²) >= 11 is 0. The number of nitro groups is 1. The van der Waals surface area contributed by atoms with Gasteiger partial charge in [0.1, 0.15) is 18.0 Å². The molecule has 0 aliphatic rings. The minimum atomic E-state index is -1.37. The van der Waals surface area contributed by atoms with Crippen molar-refractivity contribution in [3.05, 3.63) is 33.9 Å². The number of non-ortho nitro benzene ring substituents is 1. The fourth-order valence-corrected chi connectivity index (χ4v) is 1.36. The second-order valence-electron chi connectivity index (χ2n) is 3.38. The van der Waals surface area contributed by atoms with E-state index in [0.29, 0.717) is 0 Å². The lowest BCUT2D eigenvalue weighted by atomic mass is 10.0. The largest absolute Gasteiger partial charge is 0.496 e. The van der Waals surface area contributed by atoms with Crippen LogP contribution in [0.4, 0.5) is 5.69 Å². The van der Waals surface area contributed by atoms with Crippen LogP contribution >= 0.6 is 0 Å². The molecule has 2 unspecified atom stereocenters. The van der Waals surface area contributed by atoms with E-state index in [-0.39, 0.29) is 17.0 Å². The molecule has 0 aliphatic heterocycles. The number of hydrogen-bond donors (Lipinski definition) is 3. The number of methoxy groups -OCH3 is 1. The number of benzene rings is 1. The smallest absolute Gasteiger partial charge is 0.273 e. The first-order valence-electron chi connectivity index (χ1n) is 4.80. The normalized spacial score (nSPS) is 14.1. The number of rotatable bonds is 5. The molecule has 0 aromatic heterocycles. The van der Waals surface area contributed by atoms with Gasteiger partial charge in [0.15, 0.2) is 0 Å². The molecule has 3 N–H and O–H groups in total. The minimum absolute atomic E-state index is 0.0826. The van der Waals surface area contributed by atoms with E-state index in [0.717, 1.165) is 6.07 Å². The summed E-state index contributed by atoms with van der Waals surface area (Å²) in [7, 11) is 1.29. The summed E-state index contributed by atoms with van der Waals surface area (Å²) in [6.07, 6.45) is -2.74. The van der Waals surface area contributed by atoms with Gasteiger partial charge in [0.05, 0.1) is 24.7 Å². The number of nitro benzene ring substituents is 1. The quantitative estimate of drug-likeness (QED) is 0.495. The van der Waals surface area contributed by atoms with E-state index in [1.807, 2.05) is 0 Å². The Morgan fingerprint density at radius 2 is 2.12 bits per heavy atom. The lowest BCUT2D eigenvalue weighted by Gasteiger charge is -2.18. The molecule has 0 bridgehead atoms. The summed E-state index contributed by atoms with van der Waals surface area (Å²) in [6, 6.07) is 3.61. The molecular formula is C10H13NO6. The Bertz CT molecular complexity index is 408. The monoisotopic (exact) mass is 243 g/mol. The van der Waals surface area contributed by atoms with E-state index in [1.165, 1.54) is 19.2 Å². The Labute approximate surface area is 97.0 Å². The molecule has 1 aromatic rings. The molecule has 0 saturated heterocycles. The van der Waals surface area contributed by atoms with Gasteiger partial charge in [0.25, 0.3) is 5.69 Å². The molecule has 0 heterocycles. The van der Waals surface area contributed by atoms with Gasteiger partial charge in [-0.1, -0.05) is 0 Å². The fraction of sp³-hybridized carbons (Fsp3) is 0.400. The van der Waals surface area contributed by atoms with Gasteiger partial charge < -0.3 is 20.1 Å². The highest BCUT2D eigenvalue weighted by Gasteiger charge is 2.22. The second-order valence-corrected chi connectivity index (χ2v) is 3.38. The lowest BCUT2D eigenvalue weighted by Crippen LogP contribution is -2.22. The van der Waals surface area contributed by atoms with Crippen LogP contribution in [0.25, 0.3) is 0 Å². The van der Waals surface area contributed by atoms with Crippen molar-refractivity contribution in [2.24, 2.45) is 0 Å². The summed E-state index contributed by atoms with van der Waals surface area (Å²) in [5, 5.41) is 38.2. The zero-order valence-corrected chi connectivity index (χ0v) is 9.11. The van der Waals surface area contributed by atoms with E-state index in [4.69, 9.17) is 9.84 Å². The molecule has 1 aromatic carbocycles. The minimum Gasteiger partial charge on any atom is -0.496 e. The van der Waals surface area contributed by atoms with Crippen molar-refractivity contribution >= 4 is 5.69 Å². The van der Waals surface area contributed by atoms with Crippen LogP contribution in [0.15, 0.2) is 18.2 Å². The van der Waals surface area contributed by atoms with Gasteiger partial charge in [-0.15, -0.1) is 0 Å². The molecule has 0 fully saturated rings. The van der Waals surface area contributed by atoms with Crippen molar-refractivity contribution in [1.82, 2.24) is 0 Å². The molecule has 7 nitrogen and oxygen atoms in total. The van der Waals surface area contributed by atoms with E-state index in [9.17, 15) is 20.3 Å². The highest BCUT2D eigenvalue weighted by molar-refractivity contribution is 5.45. The molecule has 0 radical (unpaired) electrons. The van der Waals surface area contributed by atoms with E-state index < -0.39 is 23.7 Å². The Morgan fingerprint density at radius 1 is 1.47 bits per heavy atom. The zero-order chi connectivity index (χ0) is 13.0. The van der Waals surface area contributed by atoms with Crippen molar-refractivity contribution in [1.29, 1.82) is 0 Å². The summed E-state index contributed by atoms with van der Waals surface area (Å²) in [5.41, 5.74) is -0.00376. The molecule has 0 spiro atoms. The Kier molecular flexibility index (Phi) is 4.38. The third kappa shape index (κ3) is 2.90. The lowest BCUT2D eigenvalue weighted by molar-refractivity contribution is -0.385. The van der Waals surface area contributed by atoms with Crippen molar-refractivity contribution in [3.8, 4) is 5.75 Å². The maximum atomic E-state index is 10.5. The number of aliphatic hydroxyl groups excluding tert-OH is 3. The first-order valence-corrected chi connectivity index (χ1v) is 4.80. The third-order valence-electron chi connectivity index (χ3n) is 2.30. The summed E-state index contributed by atoms with van der Waals surface area (Å²) in [5.74, 6) is 0.0826. The third-order valence-corrected chi connectivity index (χ3v) is 2.30. The van der Waals surface area contributed by atoms with Crippen LogP contribution in [0, 0.1) is 10.1 Å². The molecule has 2 atom stereocenters. The number of hydrogen-bond acceptors (Lipinski definition) is 6. The maximum Gasteiger partial charge on any atom is 0.273 e. The van der Waals surface area contributed by atoms with Gasteiger partial charge in [0, 0.05) is 11.6 Å². The van der Waals surface area contributed by atoms with Gasteiger partial charge >= 0.3 is 0 Å². The Hall–Kier alpha value is -1.70. The van der Waals surface area contributed by atoms with Gasteiger partial charge in [-0.25, -0.2) is 0 Å². The SMILES string of the molecule is COc1cc([N+](=O)[O-])ccc1C(O)C(O)CO. The molecule has 17 heavy (non-hydrogen) atoms. The number of aliphatic hydroxyl groups is 3. The van der Waals surface area contributed by atoms with Crippen molar-refractivity contribution in [2.45, 2.75) is 12.2 Å². The van der Waals surface area contributed by atoms with Crippen LogP contribution < -0.4 is 4.74 Å². The number of ether oxygens (including phenoxy) is 1. The van der Waals surface area contributed by atoms with Crippen molar-refractivity contribution < 1.29 is 25.0 Å². The first-order chi connectivity index (χ1) is 8.01. The van der Waals surface area contributed by atoms with Gasteiger partial charge in [-0.3, -0.25) is 10.1 Å². The summed E-state index contributed by atoms with van der Waals surface area (Å²) < 4.78 is 4.89. The molecule has 0 aliphatic carbocycles. The molecule has 1 rings (SSSR count). The average molecular weight is 243 g/mol. The van der Waals surface area contributed by atoms with Gasteiger partial charge in [0.2, 0.25) is 0 Å². The van der Waals surface area contributed by atoms with Crippen LogP contribution in [0.2, 0.25) is 0 Å². The van der Waals surface area contributed by atoms with Crippen LogP contribution in [0.3, 0.4) is 0 Å². The molecule has 7 heteroatoms. The Morgan fingerprint density at radius 3 is 2.59 bits per heavy atom. The van der Waals surface area contributed by atoms with Crippen molar-refractivity contribution in [2.75, 3.05) is 13.7 Å². The molecule has 94 valence electrons. The highest BCUT2D eigenvalue weighted by Crippen LogP contribution is 2.30. The van der Waals surface area contributed by atoms with Crippen LogP contribution in [0.5, 0.6) is 5.75 Å². The van der Waals surface area contributed by atoms with E-state index in [2.05, 4.69) is 0 Å². The van der Waals surface area contributed by atoms with Crippen LogP contribution in [-0.2, 0) is 0 Å². The van der Waals surface area contributed by atoms with Crippen LogP contribution in [0.1, 0.15) is 11.7 Å². The van der Waals surface area contributed by atoms with Gasteiger partial charge in [-0.2, -0.15) is 0 Å². The van der Waals surface area contributed by atoms with Crippen LogP contribution in [-0.4, -0.2) is 40.1 Å². The van der Waals surface area contributed by atoms with Gasteiger partial charge in [-0.05, 0) is 6.07 Å². The Balaban J connectivity index is 3.12. The predicted octanol–water partition coefficient (Wildman–Crippen LogP) is -0.0100. The van der Waals surface area contributed by atoms with Crippen molar-refractivity contribution in [3.63, 3.8) is 0 Å². The van der Waals surface area contributed by atoms with E-state index in [1.54, 1.807) is 0 Å². The highest BCUT2D eigenvalue weighted by atomic mass is 16.6. The fourth-order valence-electron chi connectivity index (χ4n) is 1.36. The predicted molar refractivity (Wildman–Crippen MR) is 57.7 cm³/mol. The number of nitrogens with zero attached hydrogens (tertiary/aromatic N) is 1. The maximum absolute atomic E-state index is 10.5. The molecule has 0 saturated carbocycles. The average Bonchev–Trinajstić information content (AvgIpc) is 2.35. The summed E-state index contributed by atoms with van der Waals surface area (Å²) in [6.45, 7) is -0.624. The topological polar surface area (TPSA) is 113 Å². The molecular weight excluding hydrogens is 230 g/mol. The zero-order valence-electron chi connectivity index (χ0n) is 9.11. The molecule has 0 amide bonds. The van der Waals surface area contributed by atoms with E-state index >= 15 is 0 Å². The summed E-state index contributed by atoms with van der Waals surface area (Å²) in [4.78, 5) is 9.94. The first kappa shape index (κ1) is 13.4.